The maximum Gasteiger partial charge on any atom is 0.175 e. The van der Waals surface area contributed by atoms with Crippen molar-refractivity contribution in [1.29, 1.82) is 0 Å². The second-order valence-corrected chi connectivity index (χ2v) is 1.63. The molecule has 0 saturated carbocycles. The van der Waals surface area contributed by atoms with Crippen molar-refractivity contribution >= 4 is 11.6 Å². The zero-order valence-electron chi connectivity index (χ0n) is 4.31. The number of nitrogens with zero attached hydrogens (tertiary/aromatic N) is 1. The van der Waals surface area contributed by atoms with Crippen molar-refractivity contribution in [3.05, 3.63) is 11.3 Å². The Morgan fingerprint density at radius 3 is 2.88 bits per heavy atom. The second kappa shape index (κ2) is 2.05. The van der Waals surface area contributed by atoms with Crippen LogP contribution in [0.25, 0.3) is 0 Å². The fourth-order valence-electron chi connectivity index (χ4n) is 0.402. The molecular weight excluding hydrogens is 128 g/mol. The Hall–Kier alpha value is -0.700. The molecule has 1 heterocycles. The number of methoxy groups -OCH3 is 1. The lowest BCUT2D eigenvalue weighted by atomic mass is 10.7. The summed E-state index contributed by atoms with van der Waals surface area (Å²) in [6.07, 6.45) is 1.52. The fourth-order valence-corrected chi connectivity index (χ4v) is 0.576. The number of aromatic amines is 1. The molecule has 1 rings (SSSR count). The second-order valence-electron chi connectivity index (χ2n) is 1.25. The van der Waals surface area contributed by atoms with Crippen LogP contribution in [-0.4, -0.2) is 17.3 Å². The molecule has 44 valence electrons. The fraction of sp³-hybridized carbons (Fsp3) is 0.250. The molecule has 4 heteroatoms. The summed E-state index contributed by atoms with van der Waals surface area (Å²) < 4.78 is 4.76. The van der Waals surface area contributed by atoms with E-state index in [0.717, 1.165) is 0 Å². The van der Waals surface area contributed by atoms with Crippen molar-refractivity contribution in [2.24, 2.45) is 0 Å². The highest BCUT2D eigenvalue weighted by Crippen LogP contribution is 2.18. The van der Waals surface area contributed by atoms with E-state index in [4.69, 9.17) is 16.3 Å². The molecule has 0 bridgehead atoms. The lowest BCUT2D eigenvalue weighted by Gasteiger charge is -1.89. The lowest BCUT2D eigenvalue weighted by molar-refractivity contribution is 0.415. The van der Waals surface area contributed by atoms with Crippen molar-refractivity contribution < 1.29 is 4.74 Å². The zero-order valence-corrected chi connectivity index (χ0v) is 5.07. The summed E-state index contributed by atoms with van der Waals surface area (Å²) in [5, 5.41) is 6.56. The maximum absolute atomic E-state index is 5.50. The number of aromatic nitrogens is 2. The predicted octanol–water partition coefficient (Wildman–Crippen LogP) is 1.07. The molecule has 0 unspecified atom stereocenters. The quantitative estimate of drug-likeness (QED) is 0.621. The summed E-state index contributed by atoms with van der Waals surface area (Å²) in [5.74, 6) is 0.576. The van der Waals surface area contributed by atoms with Crippen LogP contribution in [0.3, 0.4) is 0 Å². The van der Waals surface area contributed by atoms with Crippen molar-refractivity contribution in [3.8, 4) is 5.75 Å². The van der Waals surface area contributed by atoms with E-state index in [-0.39, 0.29) is 0 Å². The van der Waals surface area contributed by atoms with E-state index in [0.29, 0.717) is 10.9 Å². The summed E-state index contributed by atoms with van der Waals surface area (Å²) in [6.45, 7) is 0. The minimum absolute atomic E-state index is 0.438. The normalized spacial score (nSPS) is 9.25. The van der Waals surface area contributed by atoms with Crippen LogP contribution in [0.1, 0.15) is 0 Å². The van der Waals surface area contributed by atoms with E-state index in [2.05, 4.69) is 10.2 Å². The summed E-state index contributed by atoms with van der Waals surface area (Å²) in [4.78, 5) is 0. The van der Waals surface area contributed by atoms with Gasteiger partial charge in [0, 0.05) is 0 Å². The topological polar surface area (TPSA) is 37.9 Å². The first-order chi connectivity index (χ1) is 3.84. The molecule has 0 aliphatic carbocycles. The molecule has 1 aromatic heterocycles. The van der Waals surface area contributed by atoms with Crippen molar-refractivity contribution in [3.63, 3.8) is 0 Å². The lowest BCUT2D eigenvalue weighted by Crippen LogP contribution is -1.77. The Bertz CT molecular complexity index is 174. The van der Waals surface area contributed by atoms with Gasteiger partial charge in [0.05, 0.1) is 13.3 Å². The predicted molar refractivity (Wildman–Crippen MR) is 30.1 cm³/mol. The molecule has 0 fully saturated rings. The average Bonchev–Trinajstić information content (AvgIpc) is 2.14. The number of hydrogen-bond acceptors (Lipinski definition) is 2. The Balaban J connectivity index is 2.92. The van der Waals surface area contributed by atoms with Gasteiger partial charge in [-0.1, -0.05) is 11.6 Å². The Kier molecular flexibility index (Phi) is 1.39. The highest BCUT2D eigenvalue weighted by Gasteiger charge is 1.97. The number of ether oxygens (including phenoxy) is 1. The van der Waals surface area contributed by atoms with Gasteiger partial charge in [-0.3, -0.25) is 5.10 Å². The van der Waals surface area contributed by atoms with Gasteiger partial charge in [-0.05, 0) is 0 Å². The first kappa shape index (κ1) is 5.44. The molecule has 0 atom stereocenters. The van der Waals surface area contributed by atoms with E-state index >= 15 is 0 Å². The highest BCUT2D eigenvalue weighted by molar-refractivity contribution is 6.30. The molecule has 1 N–H and O–H groups in total. The molecule has 0 radical (unpaired) electrons. The molecule has 0 aromatic carbocycles. The summed E-state index contributed by atoms with van der Waals surface area (Å²) in [6, 6.07) is 0. The molecule has 3 nitrogen and oxygen atoms in total. The third-order valence-corrected chi connectivity index (χ3v) is 1.05. The highest BCUT2D eigenvalue weighted by atomic mass is 35.5. The summed E-state index contributed by atoms with van der Waals surface area (Å²) in [7, 11) is 1.54. The molecule has 8 heavy (non-hydrogen) atoms. The molecule has 0 aliphatic heterocycles. The first-order valence-corrected chi connectivity index (χ1v) is 2.45. The Morgan fingerprint density at radius 1 is 1.88 bits per heavy atom. The van der Waals surface area contributed by atoms with E-state index in [1.807, 2.05) is 0 Å². The smallest absolute Gasteiger partial charge is 0.175 e. The number of rotatable bonds is 1. The maximum atomic E-state index is 5.50. The molecular formula is C4H5ClN2O. The van der Waals surface area contributed by atoms with Crippen molar-refractivity contribution in [2.75, 3.05) is 7.11 Å². The van der Waals surface area contributed by atoms with Gasteiger partial charge in [-0.2, -0.15) is 5.10 Å². The molecule has 0 saturated heterocycles. The van der Waals surface area contributed by atoms with E-state index in [9.17, 15) is 0 Å². The molecule has 0 spiro atoms. The molecule has 0 amide bonds. The van der Waals surface area contributed by atoms with Crippen LogP contribution in [0, 0.1) is 0 Å². The van der Waals surface area contributed by atoms with Gasteiger partial charge in [0.25, 0.3) is 0 Å². The third-order valence-electron chi connectivity index (χ3n) is 0.781. The minimum Gasteiger partial charge on any atom is -0.492 e. The van der Waals surface area contributed by atoms with E-state index in [1.54, 1.807) is 0 Å². The van der Waals surface area contributed by atoms with Crippen LogP contribution in [0.15, 0.2) is 6.20 Å². The van der Waals surface area contributed by atoms with E-state index < -0.39 is 0 Å². The van der Waals surface area contributed by atoms with Crippen LogP contribution >= 0.6 is 11.6 Å². The third kappa shape index (κ3) is 0.767. The van der Waals surface area contributed by atoms with Gasteiger partial charge in [0.15, 0.2) is 10.9 Å². The monoisotopic (exact) mass is 132 g/mol. The minimum atomic E-state index is 0.438. The Morgan fingerprint density at radius 2 is 2.62 bits per heavy atom. The summed E-state index contributed by atoms with van der Waals surface area (Å²) >= 11 is 5.50. The number of hydrogen-bond donors (Lipinski definition) is 1. The first-order valence-electron chi connectivity index (χ1n) is 2.07. The van der Waals surface area contributed by atoms with Crippen LogP contribution in [0.2, 0.25) is 5.15 Å². The van der Waals surface area contributed by atoms with E-state index in [1.165, 1.54) is 13.3 Å². The number of H-pyrrole nitrogens is 1. The molecule has 1 aromatic rings. The van der Waals surface area contributed by atoms with Crippen LogP contribution in [0.4, 0.5) is 0 Å². The van der Waals surface area contributed by atoms with Gasteiger partial charge >= 0.3 is 0 Å². The largest absolute Gasteiger partial charge is 0.492 e. The van der Waals surface area contributed by atoms with Gasteiger partial charge in [-0.25, -0.2) is 0 Å². The average molecular weight is 133 g/mol. The Labute approximate surface area is 51.6 Å². The van der Waals surface area contributed by atoms with Crippen LogP contribution in [-0.2, 0) is 0 Å². The summed E-state index contributed by atoms with van der Waals surface area (Å²) in [5.41, 5.74) is 0. The van der Waals surface area contributed by atoms with Gasteiger partial charge in [0.2, 0.25) is 0 Å². The standard InChI is InChI=1S/C4H5ClN2O/c1-8-3-2-6-7-4(3)5/h2H,1H3,(H,6,7). The number of halogens is 1. The van der Waals surface area contributed by atoms with Gasteiger partial charge < -0.3 is 4.74 Å². The van der Waals surface area contributed by atoms with Crippen LogP contribution in [0.5, 0.6) is 5.75 Å². The number of nitrogens with one attached hydrogen (secondary N) is 1. The van der Waals surface area contributed by atoms with Gasteiger partial charge in [-0.15, -0.1) is 0 Å². The molecule has 0 aliphatic rings. The SMILES string of the molecule is COc1cn[nH]c1Cl. The van der Waals surface area contributed by atoms with Crippen molar-refractivity contribution in [1.82, 2.24) is 10.2 Å². The van der Waals surface area contributed by atoms with Crippen molar-refractivity contribution in [2.45, 2.75) is 0 Å². The van der Waals surface area contributed by atoms with Gasteiger partial charge in [0.1, 0.15) is 0 Å². The zero-order chi connectivity index (χ0) is 5.98. The van der Waals surface area contributed by atoms with Crippen LogP contribution < -0.4 is 4.74 Å².